The van der Waals surface area contributed by atoms with Crippen LogP contribution in [0.2, 0.25) is 0 Å². The second-order valence-corrected chi connectivity index (χ2v) is 11.6. The van der Waals surface area contributed by atoms with E-state index in [9.17, 15) is 25.9 Å². The molecule has 0 bridgehead atoms. The molecular formula is C18H30N6Na3O14S3-. The Morgan fingerprint density at radius 1 is 1.02 bits per heavy atom. The maximum Gasteiger partial charge on any atom is 1.00 e. The smallest absolute Gasteiger partial charge is 0.726 e. The van der Waals surface area contributed by atoms with Crippen LogP contribution in [0.15, 0.2) is 18.1 Å². The minimum Gasteiger partial charge on any atom is -0.726 e. The first-order valence-corrected chi connectivity index (χ1v) is 15.8. The molecule has 1 aromatic rings. The van der Waals surface area contributed by atoms with Crippen LogP contribution in [-0.2, 0) is 62.2 Å². The Hall–Kier alpha value is 0.970. The zero-order chi connectivity index (χ0) is 31.0. The predicted molar refractivity (Wildman–Crippen MR) is 130 cm³/mol. The zero-order valence-electron chi connectivity index (χ0n) is 24.8. The number of nitrogens with zero attached hydrogens (tertiary/aromatic N) is 4. The fourth-order valence-electron chi connectivity index (χ4n) is 3.62. The Labute approximate surface area is 322 Å². The molecule has 0 amide bonds. The maximum absolute atomic E-state index is 11.2. The molecule has 3 N–H and O–H groups in total. The maximum atomic E-state index is 11.2. The van der Waals surface area contributed by atoms with Gasteiger partial charge in [0.2, 0.25) is 31.2 Å². The van der Waals surface area contributed by atoms with E-state index in [0.29, 0.717) is 12.2 Å². The third kappa shape index (κ3) is 19.1. The molecule has 0 unspecified atom stereocenters. The number of hydrogen-bond donors (Lipinski definition) is 3. The van der Waals surface area contributed by atoms with E-state index < -0.39 is 61.7 Å². The Kier molecular flexibility index (Phi) is 22.6. The summed E-state index contributed by atoms with van der Waals surface area (Å²) >= 11 is 0. The van der Waals surface area contributed by atoms with Gasteiger partial charge in [0.15, 0.2) is 12.4 Å². The molecule has 1 aromatic heterocycles. The topological polar surface area (TPSA) is 287 Å². The van der Waals surface area contributed by atoms with Crippen molar-refractivity contribution in [2.45, 2.75) is 70.9 Å². The summed E-state index contributed by atoms with van der Waals surface area (Å²) in [6.07, 6.45) is 0.0390. The standard InChI is InChI=1S/C18H31N6O10S2.3Na.H2O4S/c1-4-14-9-23(21-19-14)7-5-6-8-24-10-15(20-22-24)11-31-18-17(34-36(28,29)30)16(33-35(25,26)27)12(2)13(3)32-18;;;;1-5(2,3)4/h9-10,12-13,16-19,21H,3-8,11H2,1-2H3,(H,25,26,27)(H,28,29,30);;;;(H2,1,2,3,4)/q-1;3*+1;/p-3/t12-,13-,16+,17-,18-;;;;/m1..../s1. The normalized spacial score (nSPS) is 23.6. The summed E-state index contributed by atoms with van der Waals surface area (Å²) in [5, 5.41) is 9.92. The van der Waals surface area contributed by atoms with Crippen molar-refractivity contribution < 1.29 is 150 Å². The molecule has 0 radical (unpaired) electrons. The first-order chi connectivity index (χ1) is 18.8. The first kappa shape index (κ1) is 47.1. The summed E-state index contributed by atoms with van der Waals surface area (Å²) in [5.74, 6) is -0.934. The van der Waals surface area contributed by atoms with Crippen molar-refractivity contribution in [1.29, 1.82) is 0 Å². The van der Waals surface area contributed by atoms with Crippen molar-refractivity contribution in [3.63, 3.8) is 0 Å². The molecule has 0 saturated carbocycles. The number of hydrogen-bond acceptors (Lipinski definition) is 18. The Morgan fingerprint density at radius 3 is 2.09 bits per heavy atom. The Bertz CT molecular complexity index is 1340. The van der Waals surface area contributed by atoms with Gasteiger partial charge >= 0.3 is 88.7 Å². The van der Waals surface area contributed by atoms with Crippen LogP contribution in [0.5, 0.6) is 0 Å². The largest absolute Gasteiger partial charge is 1.00 e. The molecule has 3 rings (SSSR count). The van der Waals surface area contributed by atoms with Crippen LogP contribution >= 0.6 is 0 Å². The van der Waals surface area contributed by atoms with Gasteiger partial charge < -0.3 is 35.5 Å². The molecule has 238 valence electrons. The van der Waals surface area contributed by atoms with Crippen LogP contribution < -0.4 is 99.6 Å². The van der Waals surface area contributed by atoms with Crippen molar-refractivity contribution in [2.75, 3.05) is 6.54 Å². The van der Waals surface area contributed by atoms with Crippen LogP contribution in [0.3, 0.4) is 0 Å². The second-order valence-electron chi connectivity index (χ2n) is 8.70. The number of ether oxygens (including phenoxy) is 2. The first-order valence-electron chi connectivity index (χ1n) is 11.8. The number of hydrazine groups is 2. The summed E-state index contributed by atoms with van der Waals surface area (Å²) < 4.78 is 121. The molecule has 2 aliphatic rings. The van der Waals surface area contributed by atoms with Crippen LogP contribution in [-0.4, -0.2) is 94.6 Å². The molecule has 5 atom stereocenters. The van der Waals surface area contributed by atoms with E-state index in [-0.39, 0.29) is 95.3 Å². The minimum absolute atomic E-state index is 0. The van der Waals surface area contributed by atoms with Gasteiger partial charge in [-0.25, -0.2) is 25.3 Å². The van der Waals surface area contributed by atoms with Gasteiger partial charge in [0.1, 0.15) is 11.8 Å². The van der Waals surface area contributed by atoms with Crippen molar-refractivity contribution in [2.24, 2.45) is 5.92 Å². The second kappa shape index (κ2) is 21.1. The third-order valence-corrected chi connectivity index (χ3v) is 6.45. The molecule has 3 heterocycles. The molecule has 1 saturated heterocycles. The molecule has 0 spiro atoms. The molecule has 2 aliphatic heterocycles. The Morgan fingerprint density at radius 2 is 1.57 bits per heavy atom. The van der Waals surface area contributed by atoms with Crippen LogP contribution in [0.25, 0.3) is 0 Å². The van der Waals surface area contributed by atoms with E-state index in [1.54, 1.807) is 10.9 Å². The zero-order valence-corrected chi connectivity index (χ0v) is 33.2. The average molecular weight is 720 g/mol. The van der Waals surface area contributed by atoms with E-state index >= 15 is 0 Å². The minimum atomic E-state index is -5.34. The number of allylic oxidation sites excluding steroid dienone is 1. The number of unbranched alkanes of at least 4 members (excludes halogenated alkanes) is 1. The van der Waals surface area contributed by atoms with E-state index in [1.807, 2.05) is 11.2 Å². The Balaban J connectivity index is 0. The van der Waals surface area contributed by atoms with Gasteiger partial charge in [-0.2, -0.15) is 0 Å². The summed E-state index contributed by atoms with van der Waals surface area (Å²) in [6.45, 7) is 8.22. The van der Waals surface area contributed by atoms with Crippen LogP contribution in [0.4, 0.5) is 0 Å². The van der Waals surface area contributed by atoms with Crippen molar-refractivity contribution in [3.05, 3.63) is 30.7 Å². The number of rotatable bonds is 13. The van der Waals surface area contributed by atoms with Gasteiger partial charge in [0, 0.05) is 25.0 Å². The predicted octanol–water partition coefficient (Wildman–Crippen LogP) is -10.9. The summed E-state index contributed by atoms with van der Waals surface area (Å²) in [6, 6.07) is 0. The molecule has 44 heavy (non-hydrogen) atoms. The van der Waals surface area contributed by atoms with Crippen molar-refractivity contribution >= 4 is 31.2 Å². The summed E-state index contributed by atoms with van der Waals surface area (Å²) in [4.78, 5) is 0. The quantitative estimate of drug-likeness (QED) is 0.0561. The van der Waals surface area contributed by atoms with Gasteiger partial charge in [-0.05, 0) is 25.2 Å². The van der Waals surface area contributed by atoms with Crippen LogP contribution in [0, 0.1) is 12.8 Å². The van der Waals surface area contributed by atoms with Gasteiger partial charge in [-0.15, -0.1) is 10.6 Å². The van der Waals surface area contributed by atoms with Crippen LogP contribution in [0.1, 0.15) is 38.8 Å². The fraction of sp³-hybridized carbons (Fsp3) is 0.722. The number of nitrogens with one attached hydrogen (secondary N) is 2. The van der Waals surface area contributed by atoms with Crippen molar-refractivity contribution in [1.82, 2.24) is 31.0 Å². The monoisotopic (exact) mass is 719 g/mol. The van der Waals surface area contributed by atoms with E-state index in [2.05, 4.69) is 43.5 Å². The molecular weight excluding hydrogens is 689 g/mol. The number of aryl methyl sites for hydroxylation is 1. The summed E-state index contributed by atoms with van der Waals surface area (Å²) in [5.41, 5.74) is 7.55. The van der Waals surface area contributed by atoms with Gasteiger partial charge in [0.25, 0.3) is 0 Å². The number of aromatic nitrogens is 3. The SMILES string of the molecule is O=S(=O)([O-])O.[CH2-][C@H]1O[C@@H](OCc2cn(CCCCN3C=C(CC)NN3)nn2)[C@H](OS(=O)(=O)[O-])[C@@H](OS(=O)(=O)[O-])[C@@H]1C.[Na+].[Na+].[Na+]. The molecule has 20 nitrogen and oxygen atoms in total. The summed E-state index contributed by atoms with van der Waals surface area (Å²) in [7, 11) is -15.5. The molecule has 26 heteroatoms. The molecule has 0 aliphatic carbocycles. The van der Waals surface area contributed by atoms with E-state index in [4.69, 9.17) is 27.0 Å². The van der Waals surface area contributed by atoms with Gasteiger partial charge in [-0.1, -0.05) is 25.2 Å². The van der Waals surface area contributed by atoms with Gasteiger partial charge in [-0.3, -0.25) is 22.6 Å². The molecule has 0 aromatic carbocycles. The van der Waals surface area contributed by atoms with E-state index in [1.165, 1.54) is 6.92 Å². The van der Waals surface area contributed by atoms with Crippen molar-refractivity contribution in [3.8, 4) is 0 Å². The van der Waals surface area contributed by atoms with Gasteiger partial charge in [0.05, 0.1) is 12.8 Å². The third-order valence-electron chi connectivity index (χ3n) is 5.53. The molecule has 1 fully saturated rings. The average Bonchev–Trinajstić information content (AvgIpc) is 3.47. The van der Waals surface area contributed by atoms with E-state index in [0.717, 1.165) is 31.5 Å². The fourth-order valence-corrected chi connectivity index (χ4v) is 4.65.